The van der Waals surface area contributed by atoms with Gasteiger partial charge < -0.3 is 15.2 Å². The highest BCUT2D eigenvalue weighted by molar-refractivity contribution is 14.1. The van der Waals surface area contributed by atoms with E-state index in [2.05, 4.69) is 40.1 Å². The maximum atomic E-state index is 12.0. The average molecular weight is 511 g/mol. The molecule has 132 valence electrons. The highest BCUT2D eigenvalue weighted by Crippen LogP contribution is 2.35. The van der Waals surface area contributed by atoms with E-state index in [9.17, 15) is 4.79 Å². The van der Waals surface area contributed by atoms with Gasteiger partial charge in [-0.2, -0.15) is 0 Å². The van der Waals surface area contributed by atoms with E-state index in [0.29, 0.717) is 30.7 Å². The summed E-state index contributed by atoms with van der Waals surface area (Å²) in [6.45, 7) is 0.223. The lowest BCUT2D eigenvalue weighted by Gasteiger charge is -2.15. The molecular weight excluding hydrogens is 498 g/mol. The van der Waals surface area contributed by atoms with Gasteiger partial charge in [0.2, 0.25) is 0 Å². The van der Waals surface area contributed by atoms with Crippen LogP contribution in [0, 0.1) is 3.57 Å². The van der Waals surface area contributed by atoms with Gasteiger partial charge in [0.15, 0.2) is 16.6 Å². The normalized spacial score (nSPS) is 10.2. The quantitative estimate of drug-likeness (QED) is 0.466. The van der Waals surface area contributed by atoms with Crippen molar-refractivity contribution in [3.05, 3.63) is 55.1 Å². The van der Waals surface area contributed by atoms with Crippen molar-refractivity contribution in [3.63, 3.8) is 0 Å². The van der Waals surface area contributed by atoms with Crippen molar-refractivity contribution >= 4 is 69.0 Å². The molecule has 2 aromatic rings. The van der Waals surface area contributed by atoms with Gasteiger partial charge in [0.1, 0.15) is 6.61 Å². The summed E-state index contributed by atoms with van der Waals surface area (Å²) in [4.78, 5) is 12.0. The molecule has 2 rings (SSSR count). The van der Waals surface area contributed by atoms with Crippen LogP contribution in [0.15, 0.2) is 30.3 Å². The van der Waals surface area contributed by atoms with Gasteiger partial charge in [-0.15, -0.1) is 0 Å². The highest BCUT2D eigenvalue weighted by atomic mass is 127. The summed E-state index contributed by atoms with van der Waals surface area (Å²) in [5.41, 5.74) is 6.46. The number of amides is 1. The molecule has 9 heteroatoms. The topological polar surface area (TPSA) is 73.6 Å². The van der Waals surface area contributed by atoms with Crippen molar-refractivity contribution in [2.75, 3.05) is 7.11 Å². The summed E-state index contributed by atoms with van der Waals surface area (Å²) in [5, 5.41) is 3.33. The zero-order chi connectivity index (χ0) is 18.6. The number of methoxy groups -OCH3 is 1. The number of nitrogens with two attached hydrogens (primary N) is 1. The molecule has 3 N–H and O–H groups in total. The molecule has 0 aliphatic heterocycles. The van der Waals surface area contributed by atoms with Crippen molar-refractivity contribution < 1.29 is 14.3 Å². The summed E-state index contributed by atoms with van der Waals surface area (Å²) in [6.07, 6.45) is 0. The monoisotopic (exact) mass is 510 g/mol. The second-order valence-corrected chi connectivity index (χ2v) is 7.28. The molecule has 0 saturated heterocycles. The molecule has 2 aromatic carbocycles. The molecule has 0 saturated carbocycles. The van der Waals surface area contributed by atoms with E-state index in [0.717, 1.165) is 5.56 Å². The molecule has 0 spiro atoms. The van der Waals surface area contributed by atoms with Crippen molar-refractivity contribution in [1.29, 1.82) is 0 Å². The van der Waals surface area contributed by atoms with Crippen LogP contribution in [0.1, 0.15) is 15.9 Å². The zero-order valence-corrected chi connectivity index (χ0v) is 17.4. The Balaban J connectivity index is 2.25. The Kier molecular flexibility index (Phi) is 7.12. The number of nitrogens with one attached hydrogen (secondary N) is 1. The molecule has 0 atom stereocenters. The molecule has 0 radical (unpaired) electrons. The first-order chi connectivity index (χ1) is 11.8. The first-order valence-electron chi connectivity index (χ1n) is 6.87. The summed E-state index contributed by atoms with van der Waals surface area (Å²) in [6, 6.07) is 8.36. The fourth-order valence-electron chi connectivity index (χ4n) is 1.96. The molecular formula is C16H13Cl2IN2O3S. The van der Waals surface area contributed by atoms with Gasteiger partial charge in [-0.25, -0.2) is 0 Å². The van der Waals surface area contributed by atoms with Gasteiger partial charge in [-0.05, 0) is 59.1 Å². The number of carbonyl (C=O) groups excluding carboxylic acids is 1. The van der Waals surface area contributed by atoms with Gasteiger partial charge in [0, 0.05) is 21.2 Å². The molecule has 25 heavy (non-hydrogen) atoms. The third kappa shape index (κ3) is 5.34. The Morgan fingerprint density at radius 3 is 2.64 bits per heavy atom. The number of ether oxygens (including phenoxy) is 2. The maximum Gasteiger partial charge on any atom is 0.257 e. The number of carbonyl (C=O) groups is 1. The summed E-state index contributed by atoms with van der Waals surface area (Å²) in [7, 11) is 1.49. The van der Waals surface area contributed by atoms with Crippen LogP contribution < -0.4 is 20.5 Å². The van der Waals surface area contributed by atoms with E-state index in [1.165, 1.54) is 7.11 Å². The van der Waals surface area contributed by atoms with Crippen LogP contribution in [-0.4, -0.2) is 18.1 Å². The van der Waals surface area contributed by atoms with Gasteiger partial charge in [-0.3, -0.25) is 10.1 Å². The van der Waals surface area contributed by atoms with Crippen LogP contribution in [0.25, 0.3) is 0 Å². The van der Waals surface area contributed by atoms with Crippen LogP contribution in [0.4, 0.5) is 0 Å². The highest BCUT2D eigenvalue weighted by Gasteiger charge is 2.16. The number of benzene rings is 2. The number of rotatable bonds is 5. The Morgan fingerprint density at radius 2 is 2.04 bits per heavy atom. The number of thiocarbonyl (C=S) groups is 1. The second kappa shape index (κ2) is 8.88. The number of halogens is 3. The Bertz CT molecular complexity index is 833. The maximum absolute atomic E-state index is 12.0. The van der Waals surface area contributed by atoms with Crippen molar-refractivity contribution in [2.24, 2.45) is 5.73 Å². The van der Waals surface area contributed by atoms with Crippen LogP contribution in [0.2, 0.25) is 10.0 Å². The minimum atomic E-state index is -0.420. The first-order valence-corrected chi connectivity index (χ1v) is 9.11. The SMILES string of the molecule is COc1cc(C(=O)NC(N)=S)cc(I)c1OCc1ccc(Cl)cc1Cl. The molecule has 5 nitrogen and oxygen atoms in total. The molecule has 0 unspecified atom stereocenters. The summed E-state index contributed by atoms with van der Waals surface area (Å²) in [5.74, 6) is 0.488. The Morgan fingerprint density at radius 1 is 1.32 bits per heavy atom. The van der Waals surface area contributed by atoms with Gasteiger partial charge >= 0.3 is 0 Å². The Hall–Kier alpha value is -1.29. The molecule has 0 fully saturated rings. The third-order valence-electron chi connectivity index (χ3n) is 3.12. The Labute approximate surface area is 173 Å². The lowest BCUT2D eigenvalue weighted by molar-refractivity contribution is 0.0977. The second-order valence-electron chi connectivity index (χ2n) is 4.83. The fraction of sp³-hybridized carbons (Fsp3) is 0.125. The molecule has 0 aliphatic rings. The van der Waals surface area contributed by atoms with E-state index in [1.54, 1.807) is 30.3 Å². The predicted octanol–water partition coefficient (Wildman–Crippen LogP) is 4.16. The molecule has 0 aromatic heterocycles. The van der Waals surface area contributed by atoms with Crippen molar-refractivity contribution in [1.82, 2.24) is 5.32 Å². The fourth-order valence-corrected chi connectivity index (χ4v) is 3.28. The van der Waals surface area contributed by atoms with Gasteiger partial charge in [0.05, 0.1) is 10.7 Å². The van der Waals surface area contributed by atoms with Gasteiger partial charge in [0.25, 0.3) is 5.91 Å². The average Bonchev–Trinajstić information content (AvgIpc) is 2.53. The largest absolute Gasteiger partial charge is 0.493 e. The van der Waals surface area contributed by atoms with Crippen molar-refractivity contribution in [2.45, 2.75) is 6.61 Å². The molecule has 0 heterocycles. The third-order valence-corrected chi connectivity index (χ3v) is 4.61. The number of hydrogen-bond donors (Lipinski definition) is 2. The van der Waals surface area contributed by atoms with E-state index >= 15 is 0 Å². The van der Waals surface area contributed by atoms with E-state index in [1.807, 2.05) is 0 Å². The minimum Gasteiger partial charge on any atom is -0.493 e. The lowest BCUT2D eigenvalue weighted by atomic mass is 10.2. The summed E-state index contributed by atoms with van der Waals surface area (Å²) < 4.78 is 11.9. The lowest BCUT2D eigenvalue weighted by Crippen LogP contribution is -2.34. The van der Waals surface area contributed by atoms with E-state index < -0.39 is 5.91 Å². The summed E-state index contributed by atoms with van der Waals surface area (Å²) >= 11 is 18.8. The number of hydrogen-bond acceptors (Lipinski definition) is 4. The van der Waals surface area contributed by atoms with Crippen LogP contribution in [0.5, 0.6) is 11.5 Å². The van der Waals surface area contributed by atoms with Crippen molar-refractivity contribution in [3.8, 4) is 11.5 Å². The minimum absolute atomic E-state index is 0.100. The predicted molar refractivity (Wildman–Crippen MR) is 111 cm³/mol. The van der Waals surface area contributed by atoms with Crippen LogP contribution in [0.3, 0.4) is 0 Å². The van der Waals surface area contributed by atoms with Crippen LogP contribution >= 0.6 is 58.0 Å². The van der Waals surface area contributed by atoms with Crippen LogP contribution in [-0.2, 0) is 6.61 Å². The zero-order valence-electron chi connectivity index (χ0n) is 12.9. The molecule has 0 aliphatic carbocycles. The van der Waals surface area contributed by atoms with E-state index in [4.69, 9.17) is 38.4 Å². The van der Waals surface area contributed by atoms with E-state index in [-0.39, 0.29) is 11.7 Å². The first kappa shape index (κ1) is 20.0. The molecule has 0 bridgehead atoms. The standard InChI is InChI=1S/C16H13Cl2IN2O3S/c1-23-13-5-9(15(22)21-16(20)25)4-12(19)14(13)24-7-8-2-3-10(17)6-11(8)18/h2-6H,7H2,1H3,(H3,20,21,22,25). The molecule has 1 amide bonds. The smallest absolute Gasteiger partial charge is 0.257 e. The van der Waals surface area contributed by atoms with Gasteiger partial charge in [-0.1, -0.05) is 29.3 Å².